The van der Waals surface area contributed by atoms with Crippen molar-refractivity contribution in [2.75, 3.05) is 25.0 Å². The van der Waals surface area contributed by atoms with Crippen molar-refractivity contribution in [3.05, 3.63) is 65.6 Å². The molecule has 8 heteroatoms. The number of amides is 1. The summed E-state index contributed by atoms with van der Waals surface area (Å²) in [5.41, 5.74) is 1.36. The summed E-state index contributed by atoms with van der Waals surface area (Å²) in [5, 5.41) is 3.17. The van der Waals surface area contributed by atoms with E-state index in [1.807, 2.05) is 36.4 Å². The van der Waals surface area contributed by atoms with Gasteiger partial charge in [-0.1, -0.05) is 12.1 Å². The van der Waals surface area contributed by atoms with Gasteiger partial charge in [0.1, 0.15) is 17.7 Å². The number of nitrogens with one attached hydrogen (secondary N) is 1. The van der Waals surface area contributed by atoms with Gasteiger partial charge >= 0.3 is 0 Å². The molecule has 4 rings (SSSR count). The first-order chi connectivity index (χ1) is 13.6. The van der Waals surface area contributed by atoms with Crippen LogP contribution in [-0.2, 0) is 4.74 Å². The Morgan fingerprint density at radius 2 is 2.00 bits per heavy atom. The molecular formula is C20H21N5O3. The zero-order valence-corrected chi connectivity index (χ0v) is 15.8. The molecule has 28 heavy (non-hydrogen) atoms. The van der Waals surface area contributed by atoms with Crippen LogP contribution in [0.3, 0.4) is 0 Å². The highest BCUT2D eigenvalue weighted by molar-refractivity contribution is 5.92. The third-order valence-corrected chi connectivity index (χ3v) is 4.47. The minimum atomic E-state index is -0.312. The molecule has 1 N–H and O–H groups in total. The van der Waals surface area contributed by atoms with E-state index >= 15 is 0 Å². The van der Waals surface area contributed by atoms with E-state index < -0.39 is 0 Å². The molecule has 1 aliphatic rings. The van der Waals surface area contributed by atoms with Crippen LogP contribution in [-0.4, -0.2) is 45.5 Å². The van der Waals surface area contributed by atoms with Crippen molar-refractivity contribution < 1.29 is 13.9 Å². The van der Waals surface area contributed by atoms with Crippen LogP contribution in [0.2, 0.25) is 0 Å². The topological polar surface area (TPSA) is 93.4 Å². The van der Waals surface area contributed by atoms with Crippen LogP contribution in [0.25, 0.3) is 0 Å². The molecule has 0 aliphatic carbocycles. The normalized spacial score (nSPS) is 16.8. The molecule has 8 nitrogen and oxygen atoms in total. The molecule has 0 unspecified atom stereocenters. The van der Waals surface area contributed by atoms with Crippen molar-refractivity contribution in [3.63, 3.8) is 0 Å². The van der Waals surface area contributed by atoms with E-state index in [1.165, 1.54) is 0 Å². The average Bonchev–Trinajstić information content (AvgIpc) is 3.06. The summed E-state index contributed by atoms with van der Waals surface area (Å²) >= 11 is 0. The Balaban J connectivity index is 1.49. The lowest BCUT2D eigenvalue weighted by atomic mass is 10.1. The molecule has 144 valence electrons. The van der Waals surface area contributed by atoms with E-state index in [0.29, 0.717) is 42.9 Å². The Hall–Kier alpha value is -3.26. The van der Waals surface area contributed by atoms with Gasteiger partial charge in [-0.25, -0.2) is 15.0 Å². The highest BCUT2D eigenvalue weighted by Crippen LogP contribution is 2.24. The Labute approximate surface area is 162 Å². The van der Waals surface area contributed by atoms with Crippen LogP contribution in [0, 0.1) is 13.8 Å². The maximum Gasteiger partial charge on any atom is 0.291 e. The van der Waals surface area contributed by atoms with Gasteiger partial charge in [-0.15, -0.1) is 0 Å². The van der Waals surface area contributed by atoms with Crippen LogP contribution in [0.5, 0.6) is 0 Å². The third kappa shape index (κ3) is 3.86. The zero-order chi connectivity index (χ0) is 19.5. The minimum absolute atomic E-state index is 0.172. The van der Waals surface area contributed by atoms with E-state index in [2.05, 4.69) is 20.3 Å². The Morgan fingerprint density at radius 1 is 1.14 bits per heavy atom. The quantitative estimate of drug-likeness (QED) is 0.745. The molecule has 0 bridgehead atoms. The SMILES string of the molecule is Cc1nc(C)c(C(=O)N2CCO[C@H](c3cccc(Nc4ccccn4)n3)C2)o1. The van der Waals surface area contributed by atoms with Gasteiger partial charge in [0.2, 0.25) is 5.76 Å². The van der Waals surface area contributed by atoms with Crippen molar-refractivity contribution in [1.82, 2.24) is 19.9 Å². The number of aryl methyl sites for hydroxylation is 2. The Morgan fingerprint density at radius 3 is 2.75 bits per heavy atom. The van der Waals surface area contributed by atoms with Crippen molar-refractivity contribution in [1.29, 1.82) is 0 Å². The smallest absolute Gasteiger partial charge is 0.291 e. The first-order valence-corrected chi connectivity index (χ1v) is 9.10. The van der Waals surface area contributed by atoms with Gasteiger partial charge in [0.25, 0.3) is 5.91 Å². The molecule has 0 saturated carbocycles. The molecule has 0 spiro atoms. The fourth-order valence-corrected chi connectivity index (χ4v) is 3.15. The fourth-order valence-electron chi connectivity index (χ4n) is 3.15. The lowest BCUT2D eigenvalue weighted by molar-refractivity contribution is -0.0256. The summed E-state index contributed by atoms with van der Waals surface area (Å²) in [4.78, 5) is 27.6. The summed E-state index contributed by atoms with van der Waals surface area (Å²) < 4.78 is 11.4. The average molecular weight is 379 g/mol. The standard InChI is InChI=1S/C20H21N5O3/c1-13-19(28-14(2)22-13)20(26)25-10-11-27-16(12-25)15-6-5-8-18(23-15)24-17-7-3-4-9-21-17/h3-9,16H,10-12H2,1-2H3,(H,21,23,24)/t16-/m0/s1. The summed E-state index contributed by atoms with van der Waals surface area (Å²) in [6.07, 6.45) is 1.40. The second kappa shape index (κ2) is 7.77. The number of carbonyl (C=O) groups is 1. The predicted octanol–water partition coefficient (Wildman–Crippen LogP) is 3.04. The number of ether oxygens (including phenoxy) is 1. The van der Waals surface area contributed by atoms with Crippen LogP contribution < -0.4 is 5.32 Å². The third-order valence-electron chi connectivity index (χ3n) is 4.47. The lowest BCUT2D eigenvalue weighted by Gasteiger charge is -2.32. The van der Waals surface area contributed by atoms with E-state index in [4.69, 9.17) is 9.15 Å². The molecule has 1 saturated heterocycles. The molecule has 0 radical (unpaired) electrons. The van der Waals surface area contributed by atoms with E-state index in [-0.39, 0.29) is 17.8 Å². The lowest BCUT2D eigenvalue weighted by Crippen LogP contribution is -2.42. The van der Waals surface area contributed by atoms with Gasteiger partial charge in [-0.05, 0) is 31.2 Å². The molecule has 1 amide bonds. The molecular weight excluding hydrogens is 358 g/mol. The van der Waals surface area contributed by atoms with E-state index in [9.17, 15) is 4.79 Å². The van der Waals surface area contributed by atoms with Crippen molar-refractivity contribution in [2.45, 2.75) is 20.0 Å². The molecule has 4 heterocycles. The van der Waals surface area contributed by atoms with Crippen molar-refractivity contribution in [3.8, 4) is 0 Å². The second-order valence-corrected chi connectivity index (χ2v) is 6.55. The van der Waals surface area contributed by atoms with Gasteiger partial charge in [-0.3, -0.25) is 4.79 Å². The van der Waals surface area contributed by atoms with Crippen LogP contribution in [0.4, 0.5) is 11.6 Å². The van der Waals surface area contributed by atoms with Crippen LogP contribution >= 0.6 is 0 Å². The van der Waals surface area contributed by atoms with Gasteiger partial charge in [0.05, 0.1) is 24.5 Å². The predicted molar refractivity (Wildman–Crippen MR) is 102 cm³/mol. The van der Waals surface area contributed by atoms with Crippen molar-refractivity contribution >= 4 is 17.5 Å². The second-order valence-electron chi connectivity index (χ2n) is 6.55. The number of pyridine rings is 2. The number of oxazole rings is 1. The maximum absolute atomic E-state index is 12.8. The Kier molecular flexibility index (Phi) is 5.03. The largest absolute Gasteiger partial charge is 0.436 e. The molecule has 3 aromatic heterocycles. The van der Waals surface area contributed by atoms with E-state index in [0.717, 1.165) is 5.69 Å². The summed E-state index contributed by atoms with van der Waals surface area (Å²) in [7, 11) is 0. The number of hydrogen-bond acceptors (Lipinski definition) is 7. The molecule has 1 aliphatic heterocycles. The number of aromatic nitrogens is 3. The number of morpholine rings is 1. The Bertz CT molecular complexity index is 973. The maximum atomic E-state index is 12.8. The number of hydrogen-bond donors (Lipinski definition) is 1. The minimum Gasteiger partial charge on any atom is -0.436 e. The summed E-state index contributed by atoms with van der Waals surface area (Å²) in [6.45, 7) is 4.84. The molecule has 1 fully saturated rings. The fraction of sp³-hybridized carbons (Fsp3) is 0.300. The monoisotopic (exact) mass is 379 g/mol. The van der Waals surface area contributed by atoms with Gasteiger partial charge in [0, 0.05) is 19.7 Å². The van der Waals surface area contributed by atoms with Crippen LogP contribution in [0.1, 0.15) is 33.9 Å². The highest BCUT2D eigenvalue weighted by Gasteiger charge is 2.30. The van der Waals surface area contributed by atoms with Gasteiger partial charge < -0.3 is 19.4 Å². The molecule has 3 aromatic rings. The van der Waals surface area contributed by atoms with E-state index in [1.54, 1.807) is 24.9 Å². The van der Waals surface area contributed by atoms with Gasteiger partial charge in [0.15, 0.2) is 5.89 Å². The number of anilines is 2. The number of carbonyl (C=O) groups excluding carboxylic acids is 1. The summed E-state index contributed by atoms with van der Waals surface area (Å²) in [5.74, 6) is 1.99. The van der Waals surface area contributed by atoms with Crippen LogP contribution in [0.15, 0.2) is 47.0 Å². The highest BCUT2D eigenvalue weighted by atomic mass is 16.5. The van der Waals surface area contributed by atoms with Crippen molar-refractivity contribution in [2.24, 2.45) is 0 Å². The summed E-state index contributed by atoms with van der Waals surface area (Å²) in [6, 6.07) is 11.3. The number of rotatable bonds is 4. The first kappa shape index (κ1) is 18.1. The van der Waals surface area contributed by atoms with Gasteiger partial charge in [-0.2, -0.15) is 0 Å². The zero-order valence-electron chi connectivity index (χ0n) is 15.8. The molecule has 0 aromatic carbocycles. The first-order valence-electron chi connectivity index (χ1n) is 9.10. The number of nitrogens with zero attached hydrogens (tertiary/aromatic N) is 4. The molecule has 1 atom stereocenters.